The van der Waals surface area contributed by atoms with E-state index in [0.29, 0.717) is 28.7 Å². The van der Waals surface area contributed by atoms with Gasteiger partial charge in [-0.3, -0.25) is 9.59 Å². The van der Waals surface area contributed by atoms with Gasteiger partial charge in [-0.25, -0.2) is 0 Å². The molecule has 1 aliphatic heterocycles. The number of likely N-dealkylation sites (tertiary alicyclic amines) is 1. The predicted octanol–water partition coefficient (Wildman–Crippen LogP) is 2.54. The summed E-state index contributed by atoms with van der Waals surface area (Å²) in [5, 5.41) is 9.42. The second-order valence-electron chi connectivity index (χ2n) is 4.30. The van der Waals surface area contributed by atoms with Gasteiger partial charge >= 0.3 is 5.97 Å². The summed E-state index contributed by atoms with van der Waals surface area (Å²) in [6, 6.07) is 4.71. The first-order valence-corrected chi connectivity index (χ1v) is 6.19. The largest absolute Gasteiger partial charge is 0.481 e. The Morgan fingerprint density at radius 1 is 1.33 bits per heavy atom. The van der Waals surface area contributed by atoms with E-state index in [1.165, 1.54) is 6.07 Å². The lowest BCUT2D eigenvalue weighted by atomic mass is 9.95. The number of rotatable bonds is 3. The van der Waals surface area contributed by atoms with Gasteiger partial charge in [0.05, 0.1) is 17.0 Å². The smallest absolute Gasteiger partial charge is 0.303 e. The molecule has 0 aliphatic carbocycles. The highest BCUT2D eigenvalue weighted by Crippen LogP contribution is 2.26. The van der Waals surface area contributed by atoms with Crippen LogP contribution in [0, 0.1) is 5.92 Å². The molecule has 0 spiro atoms. The lowest BCUT2D eigenvalue weighted by Crippen LogP contribution is -2.50. The summed E-state index contributed by atoms with van der Waals surface area (Å²) in [7, 11) is 0. The number of carbonyl (C=O) groups is 2. The van der Waals surface area contributed by atoms with Gasteiger partial charge < -0.3 is 10.0 Å². The molecule has 0 radical (unpaired) electrons. The van der Waals surface area contributed by atoms with Crippen molar-refractivity contribution in [2.24, 2.45) is 5.92 Å². The van der Waals surface area contributed by atoms with Crippen LogP contribution in [0.25, 0.3) is 0 Å². The van der Waals surface area contributed by atoms with Gasteiger partial charge in [-0.2, -0.15) is 0 Å². The fraction of sp³-hybridized carbons (Fsp3) is 0.333. The zero-order chi connectivity index (χ0) is 13.3. The molecule has 96 valence electrons. The number of hydrogen-bond acceptors (Lipinski definition) is 2. The predicted molar refractivity (Wildman–Crippen MR) is 68.1 cm³/mol. The number of aliphatic carboxylic acids is 1. The Kier molecular flexibility index (Phi) is 3.78. The number of nitrogens with zero attached hydrogens (tertiary/aromatic N) is 1. The molecule has 18 heavy (non-hydrogen) atoms. The van der Waals surface area contributed by atoms with Crippen molar-refractivity contribution < 1.29 is 14.7 Å². The average Bonchev–Trinajstić information content (AvgIpc) is 2.21. The molecule has 1 aromatic carbocycles. The Morgan fingerprint density at radius 2 is 2.00 bits per heavy atom. The third kappa shape index (κ3) is 2.76. The van der Waals surface area contributed by atoms with E-state index < -0.39 is 5.97 Å². The van der Waals surface area contributed by atoms with E-state index in [1.807, 2.05) is 0 Å². The maximum Gasteiger partial charge on any atom is 0.303 e. The molecular formula is C12H11Cl2NO3. The summed E-state index contributed by atoms with van der Waals surface area (Å²) in [5.74, 6) is -0.979. The summed E-state index contributed by atoms with van der Waals surface area (Å²) in [5.41, 5.74) is 0.398. The first-order chi connectivity index (χ1) is 8.47. The van der Waals surface area contributed by atoms with Gasteiger partial charge in [0.15, 0.2) is 0 Å². The van der Waals surface area contributed by atoms with Crippen molar-refractivity contribution in [3.63, 3.8) is 0 Å². The molecule has 0 bridgehead atoms. The minimum Gasteiger partial charge on any atom is -0.481 e. The van der Waals surface area contributed by atoms with Crippen LogP contribution < -0.4 is 0 Å². The van der Waals surface area contributed by atoms with Crippen LogP contribution in [-0.2, 0) is 4.79 Å². The number of halogens is 2. The maximum absolute atomic E-state index is 12.0. The Labute approximate surface area is 114 Å². The number of amides is 1. The van der Waals surface area contributed by atoms with Crippen LogP contribution in [0.4, 0.5) is 0 Å². The molecular weight excluding hydrogens is 277 g/mol. The Hall–Kier alpha value is -1.26. The fourth-order valence-corrected chi connectivity index (χ4v) is 2.43. The molecule has 0 unspecified atom stereocenters. The summed E-state index contributed by atoms with van der Waals surface area (Å²) in [6.07, 6.45) is 0.0954. The van der Waals surface area contributed by atoms with E-state index in [9.17, 15) is 9.59 Å². The molecule has 1 saturated heterocycles. The van der Waals surface area contributed by atoms with Crippen molar-refractivity contribution in [2.45, 2.75) is 6.42 Å². The van der Waals surface area contributed by atoms with Gasteiger partial charge in [-0.05, 0) is 18.2 Å². The van der Waals surface area contributed by atoms with Gasteiger partial charge in [0.25, 0.3) is 5.91 Å². The van der Waals surface area contributed by atoms with Crippen LogP contribution in [0.5, 0.6) is 0 Å². The molecule has 1 N–H and O–H groups in total. The number of benzene rings is 1. The number of hydrogen-bond donors (Lipinski definition) is 1. The van der Waals surface area contributed by atoms with Crippen molar-refractivity contribution >= 4 is 35.1 Å². The molecule has 1 amide bonds. The van der Waals surface area contributed by atoms with E-state index in [0.717, 1.165) is 0 Å². The van der Waals surface area contributed by atoms with Crippen LogP contribution in [0.1, 0.15) is 16.8 Å². The van der Waals surface area contributed by atoms with Crippen LogP contribution in [0.15, 0.2) is 18.2 Å². The fourth-order valence-electron chi connectivity index (χ4n) is 1.95. The minimum atomic E-state index is -0.836. The molecule has 1 aromatic rings. The first kappa shape index (κ1) is 13.2. The van der Waals surface area contributed by atoms with E-state index >= 15 is 0 Å². The van der Waals surface area contributed by atoms with Crippen molar-refractivity contribution in [3.8, 4) is 0 Å². The Balaban J connectivity index is 1.99. The standard InChI is InChI=1S/C12H11Cl2NO3/c13-8-1-2-9(10(14)4-8)12(18)15-5-7(6-15)3-11(16)17/h1-2,4,7H,3,5-6H2,(H,16,17). The van der Waals surface area contributed by atoms with Gasteiger partial charge in [0.2, 0.25) is 0 Å². The van der Waals surface area contributed by atoms with Crippen LogP contribution >= 0.6 is 23.2 Å². The lowest BCUT2D eigenvalue weighted by molar-refractivity contribution is -0.139. The molecule has 1 fully saturated rings. The van der Waals surface area contributed by atoms with Crippen LogP contribution in [0.2, 0.25) is 10.0 Å². The highest BCUT2D eigenvalue weighted by molar-refractivity contribution is 6.36. The summed E-state index contributed by atoms with van der Waals surface area (Å²) < 4.78 is 0. The van der Waals surface area contributed by atoms with Crippen molar-refractivity contribution in [1.29, 1.82) is 0 Å². The zero-order valence-electron chi connectivity index (χ0n) is 9.40. The average molecular weight is 288 g/mol. The SMILES string of the molecule is O=C(O)CC1CN(C(=O)c2ccc(Cl)cc2Cl)C1. The topological polar surface area (TPSA) is 57.6 Å². The van der Waals surface area contributed by atoms with Gasteiger partial charge in [-0.1, -0.05) is 23.2 Å². The van der Waals surface area contributed by atoms with Gasteiger partial charge in [-0.15, -0.1) is 0 Å². The quantitative estimate of drug-likeness (QED) is 0.929. The van der Waals surface area contributed by atoms with Crippen LogP contribution in [-0.4, -0.2) is 35.0 Å². The number of carboxylic acid groups (broad SMARTS) is 1. The van der Waals surface area contributed by atoms with Crippen molar-refractivity contribution in [3.05, 3.63) is 33.8 Å². The van der Waals surface area contributed by atoms with E-state index in [2.05, 4.69) is 0 Å². The van der Waals surface area contributed by atoms with E-state index in [4.69, 9.17) is 28.3 Å². The molecule has 1 heterocycles. The van der Waals surface area contributed by atoms with Crippen LogP contribution in [0.3, 0.4) is 0 Å². The van der Waals surface area contributed by atoms with Crippen molar-refractivity contribution in [2.75, 3.05) is 13.1 Å². The minimum absolute atomic E-state index is 0.0394. The summed E-state index contributed by atoms with van der Waals surface area (Å²) >= 11 is 11.7. The highest BCUT2D eigenvalue weighted by Gasteiger charge is 2.33. The maximum atomic E-state index is 12.0. The molecule has 4 nitrogen and oxygen atoms in total. The molecule has 0 atom stereocenters. The van der Waals surface area contributed by atoms with Gasteiger partial charge in [0.1, 0.15) is 0 Å². The molecule has 0 aromatic heterocycles. The number of carboxylic acids is 1. The van der Waals surface area contributed by atoms with Gasteiger partial charge in [0, 0.05) is 24.0 Å². The second kappa shape index (κ2) is 5.16. The number of carbonyl (C=O) groups excluding carboxylic acids is 1. The first-order valence-electron chi connectivity index (χ1n) is 5.43. The zero-order valence-corrected chi connectivity index (χ0v) is 10.9. The monoisotopic (exact) mass is 287 g/mol. The third-order valence-electron chi connectivity index (χ3n) is 2.87. The lowest BCUT2D eigenvalue weighted by Gasteiger charge is -2.38. The summed E-state index contributed by atoms with van der Waals surface area (Å²) in [6.45, 7) is 0.925. The third-order valence-corrected chi connectivity index (χ3v) is 3.42. The molecule has 0 saturated carbocycles. The Bertz CT molecular complexity index is 498. The second-order valence-corrected chi connectivity index (χ2v) is 5.14. The molecule has 6 heteroatoms. The molecule has 1 aliphatic rings. The Morgan fingerprint density at radius 3 is 2.56 bits per heavy atom. The summed E-state index contributed by atoms with van der Waals surface area (Å²) in [4.78, 5) is 24.1. The van der Waals surface area contributed by atoms with E-state index in [-0.39, 0.29) is 18.2 Å². The molecule has 2 rings (SSSR count). The van der Waals surface area contributed by atoms with E-state index in [1.54, 1.807) is 17.0 Å². The normalized spacial score (nSPS) is 15.3. The highest BCUT2D eigenvalue weighted by atomic mass is 35.5. The van der Waals surface area contributed by atoms with Crippen molar-refractivity contribution in [1.82, 2.24) is 4.90 Å².